The van der Waals surface area contributed by atoms with Crippen LogP contribution in [0.4, 0.5) is 0 Å². The smallest absolute Gasteiger partial charge is 0.325 e. The molecule has 0 unspecified atom stereocenters. The van der Waals surface area contributed by atoms with E-state index in [1.165, 1.54) is 7.11 Å². The minimum Gasteiger partial charge on any atom is -0.468 e. The van der Waals surface area contributed by atoms with Crippen LogP contribution < -0.4 is 5.32 Å². The Morgan fingerprint density at radius 3 is 2.18 bits per heavy atom. The van der Waals surface area contributed by atoms with Crippen LogP contribution in [-0.4, -0.2) is 25.5 Å². The molecular weight excluding hydrogens is 218 g/mol. The summed E-state index contributed by atoms with van der Waals surface area (Å²) in [4.78, 5) is 22.8. The molecular formula is C13H17NO3. The summed E-state index contributed by atoms with van der Waals surface area (Å²) in [5.74, 6) is -0.703. The number of esters is 1. The SMILES string of the molecule is COC(=O)CNC(=O)c1c(C)cc(C)cc1C. The summed E-state index contributed by atoms with van der Waals surface area (Å²) in [7, 11) is 1.29. The van der Waals surface area contributed by atoms with Gasteiger partial charge in [0.15, 0.2) is 0 Å². The van der Waals surface area contributed by atoms with E-state index in [4.69, 9.17) is 0 Å². The van der Waals surface area contributed by atoms with Crippen LogP contribution in [0.25, 0.3) is 0 Å². The van der Waals surface area contributed by atoms with Gasteiger partial charge in [-0.2, -0.15) is 0 Å². The number of hydrogen-bond acceptors (Lipinski definition) is 3. The van der Waals surface area contributed by atoms with Crippen LogP contribution in [0.15, 0.2) is 12.1 Å². The molecule has 4 heteroatoms. The molecule has 1 rings (SSSR count). The molecule has 0 fully saturated rings. The van der Waals surface area contributed by atoms with Gasteiger partial charge in [-0.15, -0.1) is 0 Å². The second-order valence-corrected chi connectivity index (χ2v) is 4.03. The minimum atomic E-state index is -0.458. The van der Waals surface area contributed by atoms with Gasteiger partial charge in [-0.25, -0.2) is 0 Å². The summed E-state index contributed by atoms with van der Waals surface area (Å²) in [6, 6.07) is 3.89. The molecule has 0 aliphatic heterocycles. The minimum absolute atomic E-state index is 0.109. The molecule has 1 amide bonds. The Labute approximate surface area is 101 Å². The highest BCUT2D eigenvalue weighted by Gasteiger charge is 2.13. The van der Waals surface area contributed by atoms with Crippen LogP contribution >= 0.6 is 0 Å². The van der Waals surface area contributed by atoms with Crippen LogP contribution in [0.3, 0.4) is 0 Å². The predicted molar refractivity (Wildman–Crippen MR) is 65.0 cm³/mol. The van der Waals surface area contributed by atoms with Crippen molar-refractivity contribution in [3.05, 3.63) is 34.4 Å². The Kier molecular flexibility index (Phi) is 4.26. The summed E-state index contributed by atoms with van der Waals surface area (Å²) in [5.41, 5.74) is 3.55. The molecule has 4 nitrogen and oxygen atoms in total. The monoisotopic (exact) mass is 235 g/mol. The lowest BCUT2D eigenvalue weighted by Crippen LogP contribution is -2.31. The molecule has 0 bridgehead atoms. The van der Waals surface area contributed by atoms with Crippen LogP contribution in [0.2, 0.25) is 0 Å². The van der Waals surface area contributed by atoms with Crippen molar-refractivity contribution in [3.63, 3.8) is 0 Å². The summed E-state index contributed by atoms with van der Waals surface area (Å²) in [6.45, 7) is 5.64. The molecule has 0 spiro atoms. The molecule has 1 aromatic rings. The van der Waals surface area contributed by atoms with E-state index in [0.717, 1.165) is 16.7 Å². The number of nitrogens with one attached hydrogen (secondary N) is 1. The lowest BCUT2D eigenvalue weighted by atomic mass is 9.99. The van der Waals surface area contributed by atoms with Gasteiger partial charge < -0.3 is 10.1 Å². The van der Waals surface area contributed by atoms with Crippen molar-refractivity contribution in [2.45, 2.75) is 20.8 Å². The fraction of sp³-hybridized carbons (Fsp3) is 0.385. The maximum atomic E-state index is 11.9. The van der Waals surface area contributed by atoms with Crippen molar-refractivity contribution in [3.8, 4) is 0 Å². The van der Waals surface area contributed by atoms with E-state index in [9.17, 15) is 9.59 Å². The zero-order valence-electron chi connectivity index (χ0n) is 10.6. The maximum absolute atomic E-state index is 11.9. The average Bonchev–Trinajstić information content (AvgIpc) is 2.24. The normalized spacial score (nSPS) is 9.88. The van der Waals surface area contributed by atoms with Gasteiger partial charge in [0, 0.05) is 5.56 Å². The number of carbonyl (C=O) groups is 2. The van der Waals surface area contributed by atoms with Crippen molar-refractivity contribution in [1.29, 1.82) is 0 Å². The predicted octanol–water partition coefficient (Wildman–Crippen LogP) is 1.51. The second kappa shape index (κ2) is 5.48. The largest absolute Gasteiger partial charge is 0.468 e. The maximum Gasteiger partial charge on any atom is 0.325 e. The Balaban J connectivity index is 2.86. The summed E-state index contributed by atoms with van der Waals surface area (Å²) in [5, 5.41) is 2.54. The fourth-order valence-electron chi connectivity index (χ4n) is 1.85. The van der Waals surface area contributed by atoms with Gasteiger partial charge in [-0.3, -0.25) is 9.59 Å². The quantitative estimate of drug-likeness (QED) is 0.808. The van der Waals surface area contributed by atoms with Crippen molar-refractivity contribution in [2.24, 2.45) is 0 Å². The van der Waals surface area contributed by atoms with E-state index >= 15 is 0 Å². The zero-order valence-corrected chi connectivity index (χ0v) is 10.6. The number of hydrogen-bond donors (Lipinski definition) is 1. The van der Waals surface area contributed by atoms with Crippen LogP contribution in [-0.2, 0) is 9.53 Å². The number of rotatable bonds is 3. The van der Waals surface area contributed by atoms with E-state index in [0.29, 0.717) is 5.56 Å². The van der Waals surface area contributed by atoms with Crippen LogP contribution in [0, 0.1) is 20.8 Å². The molecule has 17 heavy (non-hydrogen) atoms. The van der Waals surface area contributed by atoms with Crippen molar-refractivity contribution in [2.75, 3.05) is 13.7 Å². The summed E-state index contributed by atoms with van der Waals surface area (Å²) >= 11 is 0. The van der Waals surface area contributed by atoms with E-state index in [1.54, 1.807) is 0 Å². The number of ether oxygens (including phenoxy) is 1. The first-order chi connectivity index (χ1) is 7.95. The second-order valence-electron chi connectivity index (χ2n) is 4.03. The molecule has 0 saturated heterocycles. The van der Waals surface area contributed by atoms with E-state index in [2.05, 4.69) is 10.1 Å². The van der Waals surface area contributed by atoms with E-state index in [-0.39, 0.29) is 12.5 Å². The first-order valence-corrected chi connectivity index (χ1v) is 5.38. The van der Waals surface area contributed by atoms with E-state index in [1.807, 2.05) is 32.9 Å². The number of methoxy groups -OCH3 is 1. The average molecular weight is 235 g/mol. The highest BCUT2D eigenvalue weighted by Crippen LogP contribution is 2.15. The first kappa shape index (κ1) is 13.2. The Morgan fingerprint density at radius 2 is 1.71 bits per heavy atom. The lowest BCUT2D eigenvalue weighted by Gasteiger charge is -2.11. The molecule has 92 valence electrons. The highest BCUT2D eigenvalue weighted by molar-refractivity contribution is 5.98. The number of carbonyl (C=O) groups excluding carboxylic acids is 2. The third-order valence-electron chi connectivity index (χ3n) is 2.53. The topological polar surface area (TPSA) is 55.4 Å². The van der Waals surface area contributed by atoms with Crippen molar-refractivity contribution in [1.82, 2.24) is 5.32 Å². The highest BCUT2D eigenvalue weighted by atomic mass is 16.5. The van der Waals surface area contributed by atoms with Crippen molar-refractivity contribution < 1.29 is 14.3 Å². The fourth-order valence-corrected chi connectivity index (χ4v) is 1.85. The Bertz CT molecular complexity index is 429. The molecule has 0 aromatic heterocycles. The van der Waals surface area contributed by atoms with Gasteiger partial charge in [0.2, 0.25) is 0 Å². The van der Waals surface area contributed by atoms with Crippen LogP contribution in [0.1, 0.15) is 27.0 Å². The zero-order chi connectivity index (χ0) is 13.0. The third-order valence-corrected chi connectivity index (χ3v) is 2.53. The molecule has 0 atom stereocenters. The first-order valence-electron chi connectivity index (χ1n) is 5.38. The van der Waals surface area contributed by atoms with Gasteiger partial charge in [0.05, 0.1) is 7.11 Å². The Hall–Kier alpha value is -1.84. The van der Waals surface area contributed by atoms with E-state index < -0.39 is 5.97 Å². The molecule has 0 aliphatic rings. The Morgan fingerprint density at radius 1 is 1.18 bits per heavy atom. The van der Waals surface area contributed by atoms with Gasteiger partial charge in [-0.1, -0.05) is 17.7 Å². The number of amides is 1. The lowest BCUT2D eigenvalue weighted by molar-refractivity contribution is -0.139. The van der Waals surface area contributed by atoms with Gasteiger partial charge >= 0.3 is 5.97 Å². The molecule has 0 radical (unpaired) electrons. The van der Waals surface area contributed by atoms with Gasteiger partial charge in [0.25, 0.3) is 5.91 Å². The summed E-state index contributed by atoms with van der Waals surface area (Å²) < 4.78 is 4.46. The van der Waals surface area contributed by atoms with Crippen molar-refractivity contribution >= 4 is 11.9 Å². The number of aryl methyl sites for hydroxylation is 3. The molecule has 1 aromatic carbocycles. The summed E-state index contributed by atoms with van der Waals surface area (Å²) in [6.07, 6.45) is 0. The third kappa shape index (κ3) is 3.31. The molecule has 0 saturated carbocycles. The van der Waals surface area contributed by atoms with Gasteiger partial charge in [-0.05, 0) is 31.9 Å². The molecule has 0 heterocycles. The van der Waals surface area contributed by atoms with Crippen LogP contribution in [0.5, 0.6) is 0 Å². The standard InChI is InChI=1S/C13H17NO3/c1-8-5-9(2)12(10(3)6-8)13(16)14-7-11(15)17-4/h5-6H,7H2,1-4H3,(H,14,16). The molecule has 0 aliphatic carbocycles. The molecule has 1 N–H and O–H groups in total. The number of benzene rings is 1. The van der Waals surface area contributed by atoms with Gasteiger partial charge in [0.1, 0.15) is 6.54 Å².